The molecule has 0 aliphatic carbocycles. The number of aliphatic hydroxyl groups excluding tert-OH is 1. The first-order chi connectivity index (χ1) is 6.50. The Labute approximate surface area is 85.6 Å². The molecule has 0 aromatic heterocycles. The number of nitrogens with zero attached hydrogens (tertiary/aromatic N) is 1. The van der Waals surface area contributed by atoms with Crippen LogP contribution in [0.3, 0.4) is 0 Å². The number of amides is 1. The maximum absolute atomic E-state index is 12.9. The van der Waals surface area contributed by atoms with Crippen molar-refractivity contribution in [1.29, 1.82) is 0 Å². The third-order valence-corrected chi connectivity index (χ3v) is 2.41. The summed E-state index contributed by atoms with van der Waals surface area (Å²) < 4.78 is 25.8. The van der Waals surface area contributed by atoms with Crippen molar-refractivity contribution in [2.24, 2.45) is 0 Å². The smallest absolute Gasteiger partial charge is 0.267 e. The van der Waals surface area contributed by atoms with Gasteiger partial charge in [0.2, 0.25) is 5.91 Å². The molecule has 1 atom stereocenters. The number of rotatable bonds is 3. The molecule has 0 bridgehead atoms. The lowest BCUT2D eigenvalue weighted by atomic mass is 10.2. The molecule has 1 fully saturated rings. The van der Waals surface area contributed by atoms with Crippen molar-refractivity contribution in [3.8, 4) is 0 Å². The van der Waals surface area contributed by atoms with Crippen LogP contribution in [0.5, 0.6) is 0 Å². The van der Waals surface area contributed by atoms with Crippen LogP contribution >= 0.6 is 11.6 Å². The van der Waals surface area contributed by atoms with E-state index in [9.17, 15) is 13.6 Å². The van der Waals surface area contributed by atoms with Crippen LogP contribution in [0.2, 0.25) is 0 Å². The second-order valence-electron chi connectivity index (χ2n) is 3.36. The minimum atomic E-state index is -2.88. The quantitative estimate of drug-likeness (QED) is 0.726. The number of likely N-dealkylation sites (tertiary alicyclic amines) is 1. The van der Waals surface area contributed by atoms with Gasteiger partial charge in [0.15, 0.2) is 0 Å². The number of carbonyl (C=O) groups is 1. The molecule has 82 valence electrons. The predicted octanol–water partition coefficient (Wildman–Crippen LogP) is 0.844. The van der Waals surface area contributed by atoms with Gasteiger partial charge in [-0.2, -0.15) is 0 Å². The van der Waals surface area contributed by atoms with E-state index >= 15 is 0 Å². The third-order valence-electron chi connectivity index (χ3n) is 2.22. The molecule has 1 rings (SSSR count). The summed E-state index contributed by atoms with van der Waals surface area (Å²) in [6.07, 6.45) is -0.425. The van der Waals surface area contributed by atoms with Crippen molar-refractivity contribution < 1.29 is 18.7 Å². The molecule has 1 saturated heterocycles. The molecular formula is C8H12ClF2NO2. The minimum absolute atomic E-state index is 0.0358. The SMILES string of the molecule is O=C(CCCl)N1CC(F)(F)CC1CO. The molecule has 0 radical (unpaired) electrons. The van der Waals surface area contributed by atoms with E-state index in [0.29, 0.717) is 0 Å². The zero-order valence-electron chi connectivity index (χ0n) is 7.55. The van der Waals surface area contributed by atoms with E-state index in [1.54, 1.807) is 0 Å². The van der Waals surface area contributed by atoms with Crippen LogP contribution in [-0.4, -0.2) is 46.9 Å². The van der Waals surface area contributed by atoms with Crippen LogP contribution in [0.15, 0.2) is 0 Å². The fourth-order valence-corrected chi connectivity index (χ4v) is 1.74. The van der Waals surface area contributed by atoms with Crippen LogP contribution in [-0.2, 0) is 4.79 Å². The number of alkyl halides is 3. The zero-order valence-corrected chi connectivity index (χ0v) is 8.31. The molecular weight excluding hydrogens is 216 g/mol. The molecule has 1 aliphatic heterocycles. The lowest BCUT2D eigenvalue weighted by Crippen LogP contribution is -2.38. The van der Waals surface area contributed by atoms with E-state index in [-0.39, 0.29) is 12.3 Å². The Hall–Kier alpha value is -0.420. The lowest BCUT2D eigenvalue weighted by molar-refractivity contribution is -0.133. The Balaban J connectivity index is 2.63. The minimum Gasteiger partial charge on any atom is -0.394 e. The first-order valence-corrected chi connectivity index (χ1v) is 4.88. The number of carbonyl (C=O) groups excluding carboxylic acids is 1. The van der Waals surface area contributed by atoms with Crippen LogP contribution < -0.4 is 0 Å². The Morgan fingerprint density at radius 1 is 1.64 bits per heavy atom. The fourth-order valence-electron chi connectivity index (χ4n) is 1.58. The summed E-state index contributed by atoms with van der Waals surface area (Å²) in [7, 11) is 0. The highest BCUT2D eigenvalue weighted by Crippen LogP contribution is 2.32. The number of hydrogen-bond donors (Lipinski definition) is 1. The van der Waals surface area contributed by atoms with Crippen molar-refractivity contribution in [3.63, 3.8) is 0 Å². The topological polar surface area (TPSA) is 40.5 Å². The average molecular weight is 228 g/mol. The van der Waals surface area contributed by atoms with E-state index in [1.165, 1.54) is 0 Å². The molecule has 1 heterocycles. The van der Waals surface area contributed by atoms with Gasteiger partial charge < -0.3 is 10.0 Å². The van der Waals surface area contributed by atoms with Crippen molar-refractivity contribution in [1.82, 2.24) is 4.90 Å². The van der Waals surface area contributed by atoms with Crippen molar-refractivity contribution in [2.75, 3.05) is 19.0 Å². The van der Waals surface area contributed by atoms with Gasteiger partial charge in [0.1, 0.15) is 0 Å². The van der Waals surface area contributed by atoms with Gasteiger partial charge in [0.05, 0.1) is 19.2 Å². The molecule has 0 spiro atoms. The van der Waals surface area contributed by atoms with E-state index < -0.39 is 37.4 Å². The highest BCUT2D eigenvalue weighted by molar-refractivity contribution is 6.18. The maximum Gasteiger partial charge on any atom is 0.267 e. The van der Waals surface area contributed by atoms with Crippen molar-refractivity contribution in [2.45, 2.75) is 24.8 Å². The summed E-state index contributed by atoms with van der Waals surface area (Å²) >= 11 is 5.34. The molecule has 1 N–H and O–H groups in total. The van der Waals surface area contributed by atoms with Gasteiger partial charge in [0, 0.05) is 18.7 Å². The Bertz CT molecular complexity index is 225. The Morgan fingerprint density at radius 2 is 2.29 bits per heavy atom. The lowest BCUT2D eigenvalue weighted by Gasteiger charge is -2.21. The van der Waals surface area contributed by atoms with Gasteiger partial charge in [-0.3, -0.25) is 4.79 Å². The standard InChI is InChI=1S/C8H12ClF2NO2/c9-2-1-7(14)12-5-8(10,11)3-6(12)4-13/h6,13H,1-5H2. The van der Waals surface area contributed by atoms with Crippen molar-refractivity contribution >= 4 is 17.5 Å². The van der Waals surface area contributed by atoms with Gasteiger partial charge in [0.25, 0.3) is 5.92 Å². The van der Waals surface area contributed by atoms with Crippen LogP contribution in [0, 0.1) is 0 Å². The zero-order chi connectivity index (χ0) is 10.8. The van der Waals surface area contributed by atoms with E-state index in [1.807, 2.05) is 0 Å². The monoisotopic (exact) mass is 227 g/mol. The highest BCUT2D eigenvalue weighted by Gasteiger charge is 2.46. The molecule has 3 nitrogen and oxygen atoms in total. The van der Waals surface area contributed by atoms with Crippen molar-refractivity contribution in [3.05, 3.63) is 0 Å². The number of halogens is 3. The predicted molar refractivity (Wildman–Crippen MR) is 47.5 cm³/mol. The van der Waals surface area contributed by atoms with E-state index in [2.05, 4.69) is 0 Å². The van der Waals surface area contributed by atoms with Crippen LogP contribution in [0.4, 0.5) is 8.78 Å². The summed E-state index contributed by atoms with van der Waals surface area (Å²) in [5.41, 5.74) is 0. The number of aliphatic hydroxyl groups is 1. The van der Waals surface area contributed by atoms with Crippen LogP contribution in [0.1, 0.15) is 12.8 Å². The average Bonchev–Trinajstić information content (AvgIpc) is 2.41. The fraction of sp³-hybridized carbons (Fsp3) is 0.875. The second kappa shape index (κ2) is 4.40. The first-order valence-electron chi connectivity index (χ1n) is 4.34. The summed E-state index contributed by atoms with van der Waals surface area (Å²) in [4.78, 5) is 12.3. The highest BCUT2D eigenvalue weighted by atomic mass is 35.5. The molecule has 1 unspecified atom stereocenters. The first kappa shape index (κ1) is 11.7. The summed E-state index contributed by atoms with van der Waals surface area (Å²) in [6.45, 7) is -1.03. The van der Waals surface area contributed by atoms with E-state index in [0.717, 1.165) is 4.90 Å². The number of hydrogen-bond acceptors (Lipinski definition) is 2. The van der Waals surface area contributed by atoms with Crippen LogP contribution in [0.25, 0.3) is 0 Å². The second-order valence-corrected chi connectivity index (χ2v) is 3.74. The van der Waals surface area contributed by atoms with Gasteiger partial charge in [-0.1, -0.05) is 0 Å². The molecule has 0 saturated carbocycles. The van der Waals surface area contributed by atoms with Gasteiger partial charge in [-0.15, -0.1) is 11.6 Å². The molecule has 14 heavy (non-hydrogen) atoms. The summed E-state index contributed by atoms with van der Waals surface area (Å²) in [5, 5.41) is 8.83. The van der Waals surface area contributed by atoms with Gasteiger partial charge in [-0.25, -0.2) is 8.78 Å². The van der Waals surface area contributed by atoms with Gasteiger partial charge >= 0.3 is 0 Å². The molecule has 1 aliphatic rings. The third kappa shape index (κ3) is 2.54. The molecule has 0 aromatic carbocycles. The largest absolute Gasteiger partial charge is 0.394 e. The maximum atomic E-state index is 12.9. The normalized spacial score (nSPS) is 25.4. The Kier molecular flexibility index (Phi) is 3.66. The summed E-state index contributed by atoms with van der Waals surface area (Å²) in [5.74, 6) is -3.19. The molecule has 6 heteroatoms. The summed E-state index contributed by atoms with van der Waals surface area (Å²) in [6, 6.07) is -0.763. The molecule has 1 amide bonds. The Morgan fingerprint density at radius 3 is 2.79 bits per heavy atom. The molecule has 0 aromatic rings. The van der Waals surface area contributed by atoms with E-state index in [4.69, 9.17) is 16.7 Å². The van der Waals surface area contributed by atoms with Gasteiger partial charge in [-0.05, 0) is 0 Å².